The number of aromatic nitrogens is 4. The number of amides is 2. The average molecular weight is 451 g/mol. The van der Waals surface area contributed by atoms with E-state index in [2.05, 4.69) is 20.4 Å². The summed E-state index contributed by atoms with van der Waals surface area (Å²) in [6.07, 6.45) is -3.34. The van der Waals surface area contributed by atoms with Crippen LogP contribution in [0.25, 0.3) is 10.9 Å². The summed E-state index contributed by atoms with van der Waals surface area (Å²) < 4.78 is 53.8. The maximum Gasteiger partial charge on any atom is 0.419 e. The van der Waals surface area contributed by atoms with Gasteiger partial charge in [-0.3, -0.25) is 9.59 Å². The molecule has 1 atom stereocenters. The lowest BCUT2D eigenvalue weighted by atomic mass is 10.2. The molecular weight excluding hydrogens is 434 g/mol. The number of piperazine rings is 1. The van der Waals surface area contributed by atoms with Gasteiger partial charge in [-0.15, -0.1) is 0 Å². The number of alkyl halides is 4. The summed E-state index contributed by atoms with van der Waals surface area (Å²) in [5, 5.41) is 7.11. The molecule has 1 fully saturated rings. The molecule has 1 N–H and O–H groups in total. The van der Waals surface area contributed by atoms with Gasteiger partial charge in [0.25, 0.3) is 12.2 Å². The quantitative estimate of drug-likeness (QED) is 0.472. The molecule has 3 heterocycles. The molecular formula is C19H17F4N7O2. The molecule has 13 heteroatoms. The summed E-state index contributed by atoms with van der Waals surface area (Å²) >= 11 is 0. The minimum absolute atomic E-state index is 0.107. The molecule has 1 aliphatic heterocycles. The van der Waals surface area contributed by atoms with Gasteiger partial charge in [0, 0.05) is 50.2 Å². The van der Waals surface area contributed by atoms with E-state index < -0.39 is 23.9 Å². The lowest BCUT2D eigenvalue weighted by molar-refractivity contribution is -0.141. The van der Waals surface area contributed by atoms with E-state index in [-0.39, 0.29) is 32.1 Å². The Hall–Kier alpha value is -3.77. The van der Waals surface area contributed by atoms with Crippen LogP contribution in [0.2, 0.25) is 0 Å². The molecule has 0 spiro atoms. The third-order valence-electron chi connectivity index (χ3n) is 5.04. The normalized spacial score (nSPS) is 15.6. The highest BCUT2D eigenvalue weighted by atomic mass is 19.4. The Labute approximate surface area is 178 Å². The minimum Gasteiger partial charge on any atom is -0.337 e. The van der Waals surface area contributed by atoms with Crippen molar-refractivity contribution in [2.24, 2.45) is 0 Å². The monoisotopic (exact) mass is 451 g/mol. The second-order valence-corrected chi connectivity index (χ2v) is 7.03. The van der Waals surface area contributed by atoms with Crippen molar-refractivity contribution in [1.82, 2.24) is 24.6 Å². The molecule has 32 heavy (non-hydrogen) atoms. The van der Waals surface area contributed by atoms with E-state index in [4.69, 9.17) is 0 Å². The average Bonchev–Trinajstić information content (AvgIpc) is 3.23. The first-order valence-corrected chi connectivity index (χ1v) is 9.53. The number of benzene rings is 1. The number of nitrogens with zero attached hydrogens (tertiary/aromatic N) is 6. The van der Waals surface area contributed by atoms with Crippen molar-refractivity contribution in [3.63, 3.8) is 0 Å². The molecule has 2 aromatic heterocycles. The number of hydrogen-bond donors (Lipinski definition) is 1. The van der Waals surface area contributed by atoms with Gasteiger partial charge in [-0.05, 0) is 6.07 Å². The van der Waals surface area contributed by atoms with Crippen LogP contribution >= 0.6 is 0 Å². The second-order valence-electron chi connectivity index (χ2n) is 7.03. The zero-order chi connectivity index (χ0) is 22.9. The summed E-state index contributed by atoms with van der Waals surface area (Å²) in [5.74, 6) is -0.689. The van der Waals surface area contributed by atoms with Gasteiger partial charge in [0.05, 0.1) is 11.3 Å². The number of nitrogens with one attached hydrogen (secondary N) is 1. The van der Waals surface area contributed by atoms with Gasteiger partial charge in [-0.2, -0.15) is 18.3 Å². The van der Waals surface area contributed by atoms with Crippen LogP contribution < -0.4 is 10.2 Å². The molecule has 1 aromatic carbocycles. The van der Waals surface area contributed by atoms with E-state index >= 15 is 0 Å². The van der Waals surface area contributed by atoms with Gasteiger partial charge in [-0.1, -0.05) is 12.1 Å². The van der Waals surface area contributed by atoms with E-state index in [1.54, 1.807) is 23.1 Å². The number of fused-ring (bicyclic) bond motifs is 1. The molecule has 0 bridgehead atoms. The molecule has 1 unspecified atom stereocenters. The van der Waals surface area contributed by atoms with Crippen LogP contribution in [0.15, 0.2) is 36.8 Å². The van der Waals surface area contributed by atoms with Crippen molar-refractivity contribution in [3.8, 4) is 0 Å². The Morgan fingerprint density at radius 2 is 1.81 bits per heavy atom. The zero-order valence-corrected chi connectivity index (χ0v) is 16.5. The smallest absolute Gasteiger partial charge is 0.337 e. The summed E-state index contributed by atoms with van der Waals surface area (Å²) in [7, 11) is 0. The molecule has 168 valence electrons. The number of carbonyl (C=O) groups excluding carboxylic acids is 2. The van der Waals surface area contributed by atoms with E-state index in [9.17, 15) is 27.2 Å². The van der Waals surface area contributed by atoms with Crippen molar-refractivity contribution in [3.05, 3.63) is 42.4 Å². The first-order chi connectivity index (χ1) is 15.3. The number of carbonyl (C=O) groups is 2. The topological polar surface area (TPSA) is 96.2 Å². The second kappa shape index (κ2) is 8.40. The van der Waals surface area contributed by atoms with E-state index in [0.717, 1.165) is 4.68 Å². The standard InChI is InChI=1S/C19H17F4N7O2/c20-16(30-10-12-2-1-3-14(26-11-31)15(12)27-30)17(32)28-4-6-29(7-5-28)18-24-8-13(9-25-18)19(21,22)23/h1-3,8-11,16H,4-7H2,(H,26,31). The van der Waals surface area contributed by atoms with Gasteiger partial charge < -0.3 is 15.1 Å². The first kappa shape index (κ1) is 21.5. The molecule has 0 aliphatic carbocycles. The number of rotatable bonds is 5. The maximum absolute atomic E-state index is 14.9. The fourth-order valence-electron chi connectivity index (χ4n) is 3.38. The molecule has 0 radical (unpaired) electrons. The van der Waals surface area contributed by atoms with E-state index in [1.807, 2.05) is 0 Å². The van der Waals surface area contributed by atoms with Crippen molar-refractivity contribution < 1.29 is 27.2 Å². The van der Waals surface area contributed by atoms with Crippen LogP contribution in [-0.2, 0) is 15.8 Å². The number of halogens is 4. The SMILES string of the molecule is O=CNc1cccc2cn(C(F)C(=O)N3CCN(c4ncc(C(F)(F)F)cn4)CC3)nc12. The minimum atomic E-state index is -4.53. The predicted octanol–water partition coefficient (Wildman–Crippen LogP) is 2.23. The molecule has 0 saturated carbocycles. The Morgan fingerprint density at radius 3 is 2.44 bits per heavy atom. The van der Waals surface area contributed by atoms with Crippen molar-refractivity contribution >= 4 is 34.9 Å². The van der Waals surface area contributed by atoms with Crippen LogP contribution in [0.3, 0.4) is 0 Å². The third-order valence-corrected chi connectivity index (χ3v) is 5.04. The predicted molar refractivity (Wildman–Crippen MR) is 105 cm³/mol. The Balaban J connectivity index is 1.41. The van der Waals surface area contributed by atoms with Crippen LogP contribution in [0, 0.1) is 0 Å². The van der Waals surface area contributed by atoms with E-state index in [1.165, 1.54) is 11.1 Å². The summed E-state index contributed by atoms with van der Waals surface area (Å²) in [4.78, 5) is 33.8. The highest BCUT2D eigenvalue weighted by Crippen LogP contribution is 2.29. The molecule has 2 amide bonds. The van der Waals surface area contributed by atoms with Crippen molar-refractivity contribution in [2.75, 3.05) is 36.4 Å². The molecule has 3 aromatic rings. The summed E-state index contributed by atoms with van der Waals surface area (Å²) in [5.41, 5.74) is -0.214. The van der Waals surface area contributed by atoms with Gasteiger partial charge in [0.2, 0.25) is 12.4 Å². The molecule has 1 saturated heterocycles. The Morgan fingerprint density at radius 1 is 1.12 bits per heavy atom. The summed E-state index contributed by atoms with van der Waals surface area (Å²) in [6.45, 7) is 0.751. The zero-order valence-electron chi connectivity index (χ0n) is 16.5. The van der Waals surface area contributed by atoms with Crippen LogP contribution in [0.5, 0.6) is 0 Å². The van der Waals surface area contributed by atoms with Gasteiger partial charge >= 0.3 is 6.18 Å². The lowest BCUT2D eigenvalue weighted by Gasteiger charge is -2.35. The lowest BCUT2D eigenvalue weighted by Crippen LogP contribution is -2.50. The molecule has 4 rings (SSSR count). The van der Waals surface area contributed by atoms with Crippen LogP contribution in [-0.4, -0.2) is 63.1 Å². The largest absolute Gasteiger partial charge is 0.419 e. The van der Waals surface area contributed by atoms with Gasteiger partial charge in [0.15, 0.2) is 0 Å². The van der Waals surface area contributed by atoms with Gasteiger partial charge in [-0.25, -0.2) is 19.0 Å². The van der Waals surface area contributed by atoms with Crippen LogP contribution in [0.4, 0.5) is 29.2 Å². The van der Waals surface area contributed by atoms with E-state index in [0.29, 0.717) is 35.4 Å². The Kier molecular flexibility index (Phi) is 5.63. The van der Waals surface area contributed by atoms with Crippen LogP contribution in [0.1, 0.15) is 11.9 Å². The fourth-order valence-corrected chi connectivity index (χ4v) is 3.38. The van der Waals surface area contributed by atoms with Crippen molar-refractivity contribution in [1.29, 1.82) is 0 Å². The fraction of sp³-hybridized carbons (Fsp3) is 0.316. The molecule has 9 nitrogen and oxygen atoms in total. The van der Waals surface area contributed by atoms with Crippen molar-refractivity contribution in [2.45, 2.75) is 12.5 Å². The molecule has 1 aliphatic rings. The number of anilines is 2. The third kappa shape index (κ3) is 4.18. The Bertz CT molecular complexity index is 1120. The maximum atomic E-state index is 14.9. The number of hydrogen-bond acceptors (Lipinski definition) is 6. The highest BCUT2D eigenvalue weighted by Gasteiger charge is 2.33. The summed E-state index contributed by atoms with van der Waals surface area (Å²) in [6, 6.07) is 4.94. The first-order valence-electron chi connectivity index (χ1n) is 9.53. The highest BCUT2D eigenvalue weighted by molar-refractivity contribution is 5.94. The van der Waals surface area contributed by atoms with Gasteiger partial charge in [0.1, 0.15) is 5.52 Å².